The summed E-state index contributed by atoms with van der Waals surface area (Å²) in [6.07, 6.45) is 0. The van der Waals surface area contributed by atoms with E-state index in [-0.39, 0.29) is 21.7 Å². The van der Waals surface area contributed by atoms with Crippen molar-refractivity contribution in [1.82, 2.24) is 0 Å². The van der Waals surface area contributed by atoms with Crippen molar-refractivity contribution in [2.24, 2.45) is 0 Å². The molecule has 0 amide bonds. The molecular formula is C56H51NOS. The van der Waals surface area contributed by atoms with Crippen molar-refractivity contribution in [1.29, 1.82) is 0 Å². The Hall–Kier alpha value is -5.64. The van der Waals surface area contributed by atoms with Crippen molar-refractivity contribution in [3.05, 3.63) is 161 Å². The lowest BCUT2D eigenvalue weighted by Gasteiger charge is -2.29. The molecular weight excluding hydrogens is 735 g/mol. The van der Waals surface area contributed by atoms with Gasteiger partial charge in [-0.3, -0.25) is 0 Å². The molecule has 0 unspecified atom stereocenters. The lowest BCUT2D eigenvalue weighted by atomic mass is 9.79. The minimum Gasteiger partial charge on any atom is -0.455 e. The standard InChI is InChI=1S/C56H51NOS/c1-53(2,3)32-27-42-40-25-26-44-50(52(40)58-51(42)47(28-32)54(4,5)6)41-24-21-34(30-46(41)56(44,9)10)57(35-20-23-39-38-16-12-14-18-48(38)59-49(39)31-35)33-19-22-37-36-15-11-13-17-43(36)55(7,8)45(37)29-33/h11-31H,1-10H3. The molecule has 2 nitrogen and oxygen atoms in total. The van der Waals surface area contributed by atoms with E-state index < -0.39 is 0 Å². The average molecular weight is 786 g/mol. The topological polar surface area (TPSA) is 16.4 Å². The van der Waals surface area contributed by atoms with Crippen LogP contribution in [0.1, 0.15) is 103 Å². The number of fused-ring (bicyclic) bond motifs is 13. The van der Waals surface area contributed by atoms with E-state index in [0.717, 1.165) is 22.5 Å². The van der Waals surface area contributed by atoms with Gasteiger partial charge >= 0.3 is 0 Å². The Bertz CT molecular complexity index is 3240. The van der Waals surface area contributed by atoms with Crippen LogP contribution in [0.5, 0.6) is 0 Å². The van der Waals surface area contributed by atoms with Crippen molar-refractivity contribution >= 4 is 70.5 Å². The summed E-state index contributed by atoms with van der Waals surface area (Å²) in [7, 11) is 0. The van der Waals surface area contributed by atoms with E-state index in [4.69, 9.17) is 4.42 Å². The minimum atomic E-state index is -0.236. The van der Waals surface area contributed by atoms with Crippen LogP contribution in [0.2, 0.25) is 0 Å². The summed E-state index contributed by atoms with van der Waals surface area (Å²) in [5.74, 6) is 0. The highest BCUT2D eigenvalue weighted by molar-refractivity contribution is 7.25. The molecule has 0 fully saturated rings. The first-order valence-electron chi connectivity index (χ1n) is 21.2. The second-order valence-electron chi connectivity index (χ2n) is 20.2. The fourth-order valence-corrected chi connectivity index (χ4v) is 11.5. The summed E-state index contributed by atoms with van der Waals surface area (Å²) in [5, 5.41) is 5.04. The second-order valence-corrected chi connectivity index (χ2v) is 21.3. The Balaban J connectivity index is 1.12. The lowest BCUT2D eigenvalue weighted by Crippen LogP contribution is -2.18. The normalized spacial score (nSPS) is 15.2. The van der Waals surface area contributed by atoms with Crippen molar-refractivity contribution in [3.8, 4) is 22.3 Å². The molecule has 0 saturated heterocycles. The van der Waals surface area contributed by atoms with E-state index in [1.807, 2.05) is 11.3 Å². The predicted octanol–water partition coefficient (Wildman–Crippen LogP) is 16.6. The summed E-state index contributed by atoms with van der Waals surface area (Å²) < 4.78 is 9.75. The Morgan fingerprint density at radius 1 is 0.458 bits per heavy atom. The maximum atomic E-state index is 7.13. The van der Waals surface area contributed by atoms with Crippen molar-refractivity contribution in [2.75, 3.05) is 4.90 Å². The van der Waals surface area contributed by atoms with E-state index >= 15 is 0 Å². The maximum Gasteiger partial charge on any atom is 0.143 e. The van der Waals surface area contributed by atoms with Gasteiger partial charge in [0.15, 0.2) is 0 Å². The van der Waals surface area contributed by atoms with E-state index in [2.05, 4.69) is 202 Å². The molecule has 59 heavy (non-hydrogen) atoms. The third-order valence-electron chi connectivity index (χ3n) is 13.7. The summed E-state index contributed by atoms with van der Waals surface area (Å²) in [4.78, 5) is 2.49. The van der Waals surface area contributed by atoms with E-state index in [1.165, 1.54) is 92.3 Å². The molecule has 292 valence electrons. The summed E-state index contributed by atoms with van der Waals surface area (Å²) >= 11 is 1.88. The minimum absolute atomic E-state index is 0.0193. The molecule has 9 aromatic rings. The van der Waals surface area contributed by atoms with Crippen LogP contribution in [0.4, 0.5) is 17.1 Å². The Morgan fingerprint density at radius 3 is 1.80 bits per heavy atom. The number of rotatable bonds is 3. The zero-order valence-electron chi connectivity index (χ0n) is 35.9. The molecule has 2 aliphatic carbocycles. The van der Waals surface area contributed by atoms with Gasteiger partial charge in [0.05, 0.1) is 0 Å². The molecule has 0 spiro atoms. The molecule has 2 aliphatic rings. The van der Waals surface area contributed by atoms with Crippen LogP contribution >= 0.6 is 11.3 Å². The Kier molecular flexibility index (Phi) is 7.40. The largest absolute Gasteiger partial charge is 0.455 e. The molecule has 11 rings (SSSR count). The first-order valence-corrected chi connectivity index (χ1v) is 22.0. The number of anilines is 3. The smallest absolute Gasteiger partial charge is 0.143 e. The number of thiophene rings is 1. The van der Waals surface area contributed by atoms with Crippen LogP contribution in [0, 0.1) is 0 Å². The zero-order chi connectivity index (χ0) is 41.0. The van der Waals surface area contributed by atoms with Gasteiger partial charge in [0, 0.05) is 70.0 Å². The first kappa shape index (κ1) is 36.4. The lowest BCUT2D eigenvalue weighted by molar-refractivity contribution is 0.559. The Morgan fingerprint density at radius 2 is 1.05 bits per heavy atom. The van der Waals surface area contributed by atoms with Gasteiger partial charge in [0.2, 0.25) is 0 Å². The molecule has 7 aromatic carbocycles. The molecule has 0 saturated carbocycles. The van der Waals surface area contributed by atoms with Gasteiger partial charge < -0.3 is 9.32 Å². The number of hydrogen-bond acceptors (Lipinski definition) is 3. The predicted molar refractivity (Wildman–Crippen MR) is 254 cm³/mol. The molecule has 0 bridgehead atoms. The fourth-order valence-electron chi connectivity index (χ4n) is 10.4. The number of furan rings is 1. The molecule has 0 N–H and O–H groups in total. The van der Waals surface area contributed by atoms with E-state index in [0.29, 0.717) is 0 Å². The van der Waals surface area contributed by atoms with Crippen LogP contribution in [0.25, 0.3) is 64.4 Å². The first-order chi connectivity index (χ1) is 28.0. The molecule has 2 heterocycles. The van der Waals surface area contributed by atoms with Gasteiger partial charge in [0.25, 0.3) is 0 Å². The highest BCUT2D eigenvalue weighted by Gasteiger charge is 2.40. The second kappa shape index (κ2) is 12.0. The van der Waals surface area contributed by atoms with Crippen molar-refractivity contribution in [2.45, 2.75) is 90.9 Å². The number of nitrogens with zero attached hydrogens (tertiary/aromatic N) is 1. The number of hydrogen-bond donors (Lipinski definition) is 0. The highest BCUT2D eigenvalue weighted by Crippen LogP contribution is 2.56. The summed E-state index contributed by atoms with van der Waals surface area (Å²) in [5.41, 5.74) is 18.3. The third kappa shape index (κ3) is 5.16. The fraction of sp³-hybridized carbons (Fsp3) is 0.250. The quantitative estimate of drug-likeness (QED) is 0.177. The maximum absolute atomic E-state index is 7.13. The van der Waals surface area contributed by atoms with Gasteiger partial charge in [-0.2, -0.15) is 0 Å². The van der Waals surface area contributed by atoms with Gasteiger partial charge in [-0.15, -0.1) is 11.3 Å². The van der Waals surface area contributed by atoms with Crippen LogP contribution < -0.4 is 4.90 Å². The van der Waals surface area contributed by atoms with Crippen LogP contribution in [-0.4, -0.2) is 0 Å². The Labute approximate surface area is 352 Å². The summed E-state index contributed by atoms with van der Waals surface area (Å²) in [6, 6.07) is 48.5. The van der Waals surface area contributed by atoms with Crippen LogP contribution in [-0.2, 0) is 21.7 Å². The molecule has 3 heteroatoms. The van der Waals surface area contributed by atoms with Crippen LogP contribution in [0.3, 0.4) is 0 Å². The molecule has 0 atom stereocenters. The number of benzene rings is 7. The van der Waals surface area contributed by atoms with Crippen molar-refractivity contribution < 1.29 is 4.42 Å². The SMILES string of the molecule is CC(C)(C)c1cc(C(C)(C)C)c2oc3c4c(ccc3c2c1)C(C)(C)c1cc(N(c2ccc3c(c2)C(C)(C)c2ccccc2-3)c2ccc3c(c2)sc2ccccc23)ccc1-4. The van der Waals surface area contributed by atoms with Gasteiger partial charge in [-0.05, 0) is 104 Å². The van der Waals surface area contributed by atoms with Crippen LogP contribution in [0.15, 0.2) is 132 Å². The zero-order valence-corrected chi connectivity index (χ0v) is 36.7. The molecule has 2 aromatic heterocycles. The van der Waals surface area contributed by atoms with Gasteiger partial charge in [0.1, 0.15) is 11.2 Å². The third-order valence-corrected chi connectivity index (χ3v) is 14.9. The highest BCUT2D eigenvalue weighted by atomic mass is 32.1. The van der Waals surface area contributed by atoms with Gasteiger partial charge in [-0.1, -0.05) is 148 Å². The van der Waals surface area contributed by atoms with E-state index in [1.54, 1.807) is 0 Å². The summed E-state index contributed by atoms with van der Waals surface area (Å²) in [6.45, 7) is 23.4. The van der Waals surface area contributed by atoms with Crippen molar-refractivity contribution in [3.63, 3.8) is 0 Å². The monoisotopic (exact) mass is 785 g/mol. The molecule has 0 radical (unpaired) electrons. The van der Waals surface area contributed by atoms with Gasteiger partial charge in [-0.25, -0.2) is 0 Å². The molecule has 0 aliphatic heterocycles. The van der Waals surface area contributed by atoms with E-state index in [9.17, 15) is 0 Å². The average Bonchev–Trinajstić information content (AvgIpc) is 3.89.